The van der Waals surface area contributed by atoms with Gasteiger partial charge in [0.15, 0.2) is 18.8 Å². The molecule has 9 nitrogen and oxygen atoms in total. The molecule has 3 aliphatic heterocycles. The Hall–Kier alpha value is -0.780. The predicted molar refractivity (Wildman–Crippen MR) is 112 cm³/mol. The van der Waals surface area contributed by atoms with Crippen LogP contribution in [0.15, 0.2) is 11.3 Å². The number of hydrogen-bond acceptors (Lipinski definition) is 9. The van der Waals surface area contributed by atoms with Crippen LogP contribution in [0.2, 0.25) is 0 Å². The van der Waals surface area contributed by atoms with Gasteiger partial charge in [-0.15, -0.1) is 0 Å². The molecule has 1 unspecified atom stereocenters. The number of rotatable bonds is 8. The van der Waals surface area contributed by atoms with Crippen molar-refractivity contribution in [2.75, 3.05) is 26.9 Å². The van der Waals surface area contributed by atoms with Gasteiger partial charge in [-0.05, 0) is 26.3 Å². The van der Waals surface area contributed by atoms with E-state index in [-0.39, 0.29) is 36.8 Å². The van der Waals surface area contributed by atoms with Crippen LogP contribution < -0.4 is 0 Å². The highest BCUT2D eigenvalue weighted by atomic mass is 16.7. The third-order valence-corrected chi connectivity index (χ3v) is 7.01. The number of morpholine rings is 1. The highest BCUT2D eigenvalue weighted by molar-refractivity contribution is 5.18. The van der Waals surface area contributed by atoms with Gasteiger partial charge in [0, 0.05) is 44.6 Å². The molecule has 31 heavy (non-hydrogen) atoms. The van der Waals surface area contributed by atoms with Crippen molar-refractivity contribution >= 4 is 0 Å². The van der Waals surface area contributed by atoms with Gasteiger partial charge in [0.25, 0.3) is 0 Å². The first kappa shape index (κ1) is 24.9. The van der Waals surface area contributed by atoms with E-state index in [1.54, 1.807) is 34.8 Å². The second kappa shape index (κ2) is 10.0. The van der Waals surface area contributed by atoms with Crippen LogP contribution in [0.4, 0.5) is 0 Å². The van der Waals surface area contributed by atoms with Crippen LogP contribution in [-0.2, 0) is 23.7 Å². The average Bonchev–Trinajstić information content (AvgIpc) is 3.11. The lowest BCUT2D eigenvalue weighted by atomic mass is 9.82. The molecule has 3 rings (SSSR count). The van der Waals surface area contributed by atoms with E-state index < -0.39 is 30.2 Å². The van der Waals surface area contributed by atoms with Crippen LogP contribution in [0.1, 0.15) is 47.5 Å². The Kier molecular flexibility index (Phi) is 8.02. The zero-order valence-electron chi connectivity index (χ0n) is 19.5. The maximum atomic E-state index is 10.8. The van der Waals surface area contributed by atoms with Crippen molar-refractivity contribution in [1.29, 1.82) is 0 Å². The maximum Gasteiger partial charge on any atom is 0.197 e. The SMILES string of the molecule is CO[C@H]1OCCN2[C@@H]1O[C@@H]1[C@H](C)O[C@@H](O[C@@H](CCO)/C(C)=C(\O)C(C)(C)C(C)O)C[C@@H]12. The molecule has 0 spiro atoms. The standard InChI is InChI=1S/C22H39NO8/c1-12(19(26)22(4,5)14(3)25)16(7-9-24)30-17-11-15-18(13(2)29-17)31-20-21(27-6)28-10-8-23(15)20/h13-18,20-21,24-26H,7-11H2,1-6H3/b19-12-/t13-,14?,15-,16-,17-,18+,20+,21-/m0/s1. The number of hydrogen-bond donors (Lipinski definition) is 3. The Morgan fingerprint density at radius 1 is 1.29 bits per heavy atom. The lowest BCUT2D eigenvalue weighted by molar-refractivity contribution is -0.252. The van der Waals surface area contributed by atoms with Crippen molar-refractivity contribution in [3.05, 3.63) is 11.3 Å². The molecule has 0 amide bonds. The van der Waals surface area contributed by atoms with Crippen molar-refractivity contribution in [1.82, 2.24) is 4.90 Å². The molecule has 3 saturated heterocycles. The third kappa shape index (κ3) is 4.94. The fourth-order valence-corrected chi connectivity index (χ4v) is 4.66. The minimum Gasteiger partial charge on any atom is -0.512 e. The molecule has 180 valence electrons. The molecule has 3 fully saturated rings. The molecule has 0 aromatic carbocycles. The van der Waals surface area contributed by atoms with Gasteiger partial charge in [0.05, 0.1) is 24.9 Å². The van der Waals surface area contributed by atoms with Crippen LogP contribution in [-0.4, -0.2) is 96.4 Å². The minimum atomic E-state index is -0.831. The largest absolute Gasteiger partial charge is 0.512 e. The molecule has 3 heterocycles. The Morgan fingerprint density at radius 2 is 2.00 bits per heavy atom. The smallest absolute Gasteiger partial charge is 0.197 e. The highest BCUT2D eigenvalue weighted by Gasteiger charge is 2.53. The van der Waals surface area contributed by atoms with Crippen LogP contribution in [0.3, 0.4) is 0 Å². The number of nitrogens with zero attached hydrogens (tertiary/aromatic N) is 1. The van der Waals surface area contributed by atoms with E-state index >= 15 is 0 Å². The topological polar surface area (TPSA) is 110 Å². The second-order valence-electron chi connectivity index (χ2n) is 9.34. The van der Waals surface area contributed by atoms with E-state index in [1.165, 1.54) is 0 Å². The van der Waals surface area contributed by atoms with Gasteiger partial charge >= 0.3 is 0 Å². The zero-order valence-corrected chi connectivity index (χ0v) is 19.5. The summed E-state index contributed by atoms with van der Waals surface area (Å²) >= 11 is 0. The molecule has 0 saturated carbocycles. The second-order valence-corrected chi connectivity index (χ2v) is 9.34. The van der Waals surface area contributed by atoms with E-state index in [0.717, 1.165) is 6.54 Å². The van der Waals surface area contributed by atoms with E-state index in [2.05, 4.69) is 4.90 Å². The first-order valence-electron chi connectivity index (χ1n) is 11.2. The summed E-state index contributed by atoms with van der Waals surface area (Å²) in [5, 5.41) is 30.5. The molecule has 0 aromatic rings. The number of aliphatic hydroxyl groups is 3. The molecule has 0 bridgehead atoms. The molecular formula is C22H39NO8. The highest BCUT2D eigenvalue weighted by Crippen LogP contribution is 2.39. The Balaban J connectivity index is 1.75. The van der Waals surface area contributed by atoms with Crippen LogP contribution >= 0.6 is 0 Å². The molecule has 3 aliphatic rings. The van der Waals surface area contributed by atoms with Gasteiger partial charge in [0.1, 0.15) is 11.9 Å². The monoisotopic (exact) mass is 445 g/mol. The summed E-state index contributed by atoms with van der Waals surface area (Å²) < 4.78 is 29.7. The number of fused-ring (bicyclic) bond motifs is 3. The fourth-order valence-electron chi connectivity index (χ4n) is 4.66. The quantitative estimate of drug-likeness (QED) is 0.479. The summed E-state index contributed by atoms with van der Waals surface area (Å²) in [4.78, 5) is 2.26. The lowest BCUT2D eigenvalue weighted by Crippen LogP contribution is -2.55. The Morgan fingerprint density at radius 3 is 2.61 bits per heavy atom. The lowest BCUT2D eigenvalue weighted by Gasteiger charge is -2.41. The maximum absolute atomic E-state index is 10.8. The van der Waals surface area contributed by atoms with Crippen molar-refractivity contribution in [2.45, 2.75) is 96.7 Å². The van der Waals surface area contributed by atoms with E-state index in [9.17, 15) is 15.3 Å². The summed E-state index contributed by atoms with van der Waals surface area (Å²) in [6, 6.07) is 0.0989. The Bertz CT molecular complexity index is 639. The average molecular weight is 446 g/mol. The van der Waals surface area contributed by atoms with Crippen molar-refractivity contribution < 1.29 is 39.0 Å². The molecule has 0 aromatic heterocycles. The van der Waals surface area contributed by atoms with Gasteiger partial charge in [0.2, 0.25) is 0 Å². The molecule has 0 aliphatic carbocycles. The van der Waals surface area contributed by atoms with Crippen molar-refractivity contribution in [3.63, 3.8) is 0 Å². The predicted octanol–water partition coefficient (Wildman–Crippen LogP) is 1.53. The van der Waals surface area contributed by atoms with Gasteiger partial charge in [-0.1, -0.05) is 13.8 Å². The Labute approximate surface area is 184 Å². The summed E-state index contributed by atoms with van der Waals surface area (Å²) in [6.45, 7) is 10.1. The summed E-state index contributed by atoms with van der Waals surface area (Å²) in [7, 11) is 1.61. The van der Waals surface area contributed by atoms with Crippen molar-refractivity contribution in [3.8, 4) is 0 Å². The summed E-state index contributed by atoms with van der Waals surface area (Å²) in [5.74, 6) is 0.0723. The van der Waals surface area contributed by atoms with E-state index in [1.807, 2.05) is 6.92 Å². The zero-order chi connectivity index (χ0) is 22.9. The number of aliphatic hydroxyl groups excluding tert-OH is 3. The third-order valence-electron chi connectivity index (χ3n) is 7.01. The minimum absolute atomic E-state index is 0.0723. The van der Waals surface area contributed by atoms with Gasteiger partial charge in [-0.2, -0.15) is 0 Å². The number of ether oxygens (including phenoxy) is 5. The fraction of sp³-hybridized carbons (Fsp3) is 0.909. The van der Waals surface area contributed by atoms with E-state index in [0.29, 0.717) is 25.0 Å². The van der Waals surface area contributed by atoms with Crippen LogP contribution in [0, 0.1) is 5.41 Å². The summed E-state index contributed by atoms with van der Waals surface area (Å²) in [6.07, 6.45) is -1.90. The molecular weight excluding hydrogens is 406 g/mol. The summed E-state index contributed by atoms with van der Waals surface area (Å²) in [5.41, 5.74) is -0.243. The van der Waals surface area contributed by atoms with Gasteiger partial charge in [-0.3, -0.25) is 4.90 Å². The molecule has 9 heteroatoms. The molecule has 0 radical (unpaired) electrons. The normalized spacial score (nSPS) is 37.0. The molecule has 8 atom stereocenters. The van der Waals surface area contributed by atoms with Gasteiger partial charge in [-0.25, -0.2) is 0 Å². The first-order valence-corrected chi connectivity index (χ1v) is 11.2. The van der Waals surface area contributed by atoms with Crippen LogP contribution in [0.5, 0.6) is 0 Å². The van der Waals surface area contributed by atoms with Crippen LogP contribution in [0.25, 0.3) is 0 Å². The first-order chi connectivity index (χ1) is 14.6. The van der Waals surface area contributed by atoms with E-state index in [4.69, 9.17) is 23.7 Å². The van der Waals surface area contributed by atoms with Crippen molar-refractivity contribution in [2.24, 2.45) is 5.41 Å². The van der Waals surface area contributed by atoms with Gasteiger partial charge < -0.3 is 39.0 Å². The number of methoxy groups -OCH3 is 1. The molecule has 3 N–H and O–H groups in total.